The summed E-state index contributed by atoms with van der Waals surface area (Å²) in [5.41, 5.74) is 2.62. The molecule has 1 amide bonds. The molecule has 1 heterocycles. The van der Waals surface area contributed by atoms with Crippen LogP contribution in [0.5, 0.6) is 0 Å². The molecule has 8 nitrogen and oxygen atoms in total. The Morgan fingerprint density at radius 3 is 2.24 bits per heavy atom. The van der Waals surface area contributed by atoms with Crippen molar-refractivity contribution in [2.24, 2.45) is 5.14 Å². The molecule has 4 rings (SSSR count). The zero-order valence-corrected chi connectivity index (χ0v) is 19.9. The van der Waals surface area contributed by atoms with Gasteiger partial charge in [0.15, 0.2) is 9.84 Å². The van der Waals surface area contributed by atoms with Gasteiger partial charge < -0.3 is 9.88 Å². The maximum Gasteiger partial charge on any atom is 0.244 e. The fourth-order valence-corrected chi connectivity index (χ4v) is 5.93. The molecule has 10 heteroatoms. The van der Waals surface area contributed by atoms with Crippen LogP contribution in [0.4, 0.5) is 5.69 Å². The molecule has 0 spiro atoms. The number of hydrogen-bond acceptors (Lipinski definition) is 5. The summed E-state index contributed by atoms with van der Waals surface area (Å²) in [7, 11) is -7.51. The monoisotopic (exact) mass is 497 g/mol. The molecule has 0 radical (unpaired) electrons. The zero-order valence-electron chi connectivity index (χ0n) is 18.3. The van der Waals surface area contributed by atoms with Gasteiger partial charge in [0.25, 0.3) is 0 Å². The molecule has 0 aliphatic rings. The molecular weight excluding hydrogens is 474 g/mol. The Morgan fingerprint density at radius 2 is 1.56 bits per heavy atom. The summed E-state index contributed by atoms with van der Waals surface area (Å²) in [5.74, 6) is -0.539. The van der Waals surface area contributed by atoms with Gasteiger partial charge in [-0.25, -0.2) is 22.0 Å². The lowest BCUT2D eigenvalue weighted by molar-refractivity contribution is -0.116. The summed E-state index contributed by atoms with van der Waals surface area (Å²) in [6.45, 7) is 1.74. The highest BCUT2D eigenvalue weighted by Crippen LogP contribution is 2.28. The molecule has 1 aromatic heterocycles. The van der Waals surface area contributed by atoms with E-state index in [0.717, 1.165) is 11.1 Å². The summed E-state index contributed by atoms with van der Waals surface area (Å²) < 4.78 is 51.0. The lowest BCUT2D eigenvalue weighted by atomic mass is 10.1. The number of nitrogens with two attached hydrogens (primary N) is 1. The summed E-state index contributed by atoms with van der Waals surface area (Å²) in [6, 6.07) is 19.8. The Labute approximate surface area is 198 Å². The van der Waals surface area contributed by atoms with Crippen LogP contribution in [0.3, 0.4) is 0 Å². The molecule has 0 fully saturated rings. The number of anilines is 1. The summed E-state index contributed by atoms with van der Waals surface area (Å²) in [6.07, 6.45) is 1.49. The van der Waals surface area contributed by atoms with Crippen molar-refractivity contribution in [3.05, 3.63) is 90.1 Å². The molecule has 0 atom stereocenters. The topological polar surface area (TPSA) is 128 Å². The van der Waals surface area contributed by atoms with Crippen molar-refractivity contribution < 1.29 is 21.6 Å². The standard InChI is InChI=1S/C24H23N3O5S2/c1-17-6-2-3-7-18(17)16-33(29,30)23-14-27(22-9-5-4-8-21(22)23)15-24(28)26-19-10-12-20(13-11-19)34(25,31)32/h2-14H,15-16H2,1H3,(H,26,28)(H2,25,31,32). The lowest BCUT2D eigenvalue weighted by Crippen LogP contribution is -2.18. The largest absolute Gasteiger partial charge is 0.337 e. The van der Waals surface area contributed by atoms with Crippen molar-refractivity contribution >= 4 is 42.4 Å². The Bertz CT molecular complexity index is 1590. The number of hydrogen-bond donors (Lipinski definition) is 2. The highest BCUT2D eigenvalue weighted by atomic mass is 32.2. The van der Waals surface area contributed by atoms with Gasteiger partial charge in [0.2, 0.25) is 15.9 Å². The van der Waals surface area contributed by atoms with Crippen LogP contribution in [0, 0.1) is 6.92 Å². The summed E-state index contributed by atoms with van der Waals surface area (Å²) in [4.78, 5) is 12.8. The number of para-hydroxylation sites is 1. The van der Waals surface area contributed by atoms with Crippen molar-refractivity contribution in [3.8, 4) is 0 Å². The van der Waals surface area contributed by atoms with Gasteiger partial charge in [-0.1, -0.05) is 42.5 Å². The molecule has 176 valence electrons. The smallest absolute Gasteiger partial charge is 0.244 e. The fourth-order valence-electron chi connectivity index (χ4n) is 3.73. The van der Waals surface area contributed by atoms with Crippen molar-refractivity contribution in [2.75, 3.05) is 5.32 Å². The van der Waals surface area contributed by atoms with Crippen LogP contribution >= 0.6 is 0 Å². The molecule has 0 saturated carbocycles. The summed E-state index contributed by atoms with van der Waals surface area (Å²) >= 11 is 0. The lowest BCUT2D eigenvalue weighted by Gasteiger charge is -2.08. The van der Waals surface area contributed by atoms with E-state index in [1.165, 1.54) is 30.5 Å². The van der Waals surface area contributed by atoms with Gasteiger partial charge in [0, 0.05) is 22.8 Å². The van der Waals surface area contributed by atoms with Gasteiger partial charge in [0.05, 0.1) is 15.5 Å². The molecular formula is C24H23N3O5S2. The second kappa shape index (κ2) is 9.05. The first-order chi connectivity index (χ1) is 16.0. The Morgan fingerprint density at radius 1 is 0.912 bits per heavy atom. The number of nitrogens with one attached hydrogen (secondary N) is 1. The van der Waals surface area contributed by atoms with Gasteiger partial charge in [-0.05, 0) is 48.4 Å². The number of sulfone groups is 1. The van der Waals surface area contributed by atoms with E-state index < -0.39 is 25.8 Å². The van der Waals surface area contributed by atoms with Crippen LogP contribution in [-0.2, 0) is 37.0 Å². The Balaban J connectivity index is 1.60. The van der Waals surface area contributed by atoms with Gasteiger partial charge in [0.1, 0.15) is 6.54 Å². The Kier molecular flexibility index (Phi) is 6.30. The van der Waals surface area contributed by atoms with E-state index in [4.69, 9.17) is 5.14 Å². The minimum absolute atomic E-state index is 0.0644. The predicted octanol–water partition coefficient (Wildman–Crippen LogP) is 3.21. The van der Waals surface area contributed by atoms with Gasteiger partial charge >= 0.3 is 0 Å². The quantitative estimate of drug-likeness (QED) is 0.405. The predicted molar refractivity (Wildman–Crippen MR) is 130 cm³/mol. The number of amides is 1. The number of primary sulfonamides is 1. The summed E-state index contributed by atoms with van der Waals surface area (Å²) in [5, 5.41) is 8.32. The van der Waals surface area contributed by atoms with Crippen molar-refractivity contribution in [3.63, 3.8) is 0 Å². The molecule has 4 aromatic rings. The van der Waals surface area contributed by atoms with Crippen molar-refractivity contribution in [1.82, 2.24) is 4.57 Å². The number of aryl methyl sites for hydroxylation is 1. The van der Waals surface area contributed by atoms with Gasteiger partial charge in [-0.3, -0.25) is 4.79 Å². The molecule has 0 aliphatic heterocycles. The Hall–Kier alpha value is -3.47. The molecule has 0 saturated heterocycles. The van der Waals surface area contributed by atoms with E-state index in [1.54, 1.807) is 41.0 Å². The molecule has 0 unspecified atom stereocenters. The van der Waals surface area contributed by atoms with E-state index in [2.05, 4.69) is 5.32 Å². The second-order valence-corrected chi connectivity index (χ2v) is 11.5. The van der Waals surface area contributed by atoms with E-state index in [9.17, 15) is 21.6 Å². The van der Waals surface area contributed by atoms with Crippen LogP contribution in [0.25, 0.3) is 10.9 Å². The zero-order chi connectivity index (χ0) is 24.5. The highest BCUT2D eigenvalue weighted by molar-refractivity contribution is 7.91. The fraction of sp³-hybridized carbons (Fsp3) is 0.125. The van der Waals surface area contributed by atoms with E-state index >= 15 is 0 Å². The van der Waals surface area contributed by atoms with Crippen molar-refractivity contribution in [2.45, 2.75) is 29.0 Å². The molecule has 0 bridgehead atoms. The third kappa shape index (κ3) is 5.04. The maximum absolute atomic E-state index is 13.3. The van der Waals surface area contributed by atoms with E-state index in [-0.39, 0.29) is 22.1 Å². The minimum Gasteiger partial charge on any atom is -0.337 e. The van der Waals surface area contributed by atoms with Crippen LogP contribution in [-0.4, -0.2) is 27.3 Å². The number of fused-ring (bicyclic) bond motifs is 1. The highest BCUT2D eigenvalue weighted by Gasteiger charge is 2.23. The molecule has 0 aliphatic carbocycles. The first-order valence-corrected chi connectivity index (χ1v) is 13.5. The normalized spacial score (nSPS) is 12.1. The average molecular weight is 498 g/mol. The number of rotatable bonds is 7. The maximum atomic E-state index is 13.3. The third-order valence-electron chi connectivity index (χ3n) is 5.47. The molecule has 34 heavy (non-hydrogen) atoms. The van der Waals surface area contributed by atoms with Crippen LogP contribution in [0.2, 0.25) is 0 Å². The SMILES string of the molecule is Cc1ccccc1CS(=O)(=O)c1cn(CC(=O)Nc2ccc(S(N)(=O)=O)cc2)c2ccccc12. The van der Waals surface area contributed by atoms with Crippen LogP contribution < -0.4 is 10.5 Å². The number of carbonyl (C=O) groups is 1. The van der Waals surface area contributed by atoms with Crippen LogP contribution in [0.1, 0.15) is 11.1 Å². The number of sulfonamides is 1. The molecule has 3 aromatic carbocycles. The van der Waals surface area contributed by atoms with Crippen LogP contribution in [0.15, 0.2) is 88.8 Å². The number of benzene rings is 3. The van der Waals surface area contributed by atoms with E-state index in [0.29, 0.717) is 16.6 Å². The first kappa shape index (κ1) is 23.7. The van der Waals surface area contributed by atoms with Crippen molar-refractivity contribution in [1.29, 1.82) is 0 Å². The average Bonchev–Trinajstić information content (AvgIpc) is 3.14. The van der Waals surface area contributed by atoms with Gasteiger partial charge in [-0.2, -0.15) is 0 Å². The van der Waals surface area contributed by atoms with Gasteiger partial charge in [-0.15, -0.1) is 0 Å². The minimum atomic E-state index is -3.83. The number of nitrogens with zero attached hydrogens (tertiary/aromatic N) is 1. The third-order valence-corrected chi connectivity index (χ3v) is 8.09. The second-order valence-electron chi connectivity index (χ2n) is 7.94. The number of carbonyl (C=O) groups excluding carboxylic acids is 1. The molecule has 3 N–H and O–H groups in total. The van der Waals surface area contributed by atoms with E-state index in [1.807, 2.05) is 19.1 Å². The number of aromatic nitrogens is 1. The first-order valence-electron chi connectivity index (χ1n) is 10.3.